The molecule has 100 valence electrons. The van der Waals surface area contributed by atoms with Gasteiger partial charge in [-0.15, -0.1) is 0 Å². The van der Waals surface area contributed by atoms with E-state index in [1.807, 2.05) is 11.8 Å². The summed E-state index contributed by atoms with van der Waals surface area (Å²) in [4.78, 5) is 18.3. The first kappa shape index (κ1) is 13.0. The molecule has 1 aliphatic heterocycles. The number of aromatic nitrogens is 2. The quantitative estimate of drug-likeness (QED) is 0.808. The summed E-state index contributed by atoms with van der Waals surface area (Å²) in [5.74, 6) is 0.410. The summed E-state index contributed by atoms with van der Waals surface area (Å²) >= 11 is 0. The van der Waals surface area contributed by atoms with Gasteiger partial charge in [0.2, 0.25) is 0 Å². The molecule has 0 spiro atoms. The topological polar surface area (TPSA) is 67.6 Å². The molecule has 0 saturated carbocycles. The molecule has 0 aliphatic carbocycles. The average molecular weight is 253 g/mol. The first-order valence-electron chi connectivity index (χ1n) is 6.28. The number of aryl methyl sites for hydroxylation is 1. The van der Waals surface area contributed by atoms with Crippen molar-refractivity contribution >= 4 is 5.82 Å². The number of hydrogen-bond acceptors (Lipinski definition) is 5. The van der Waals surface area contributed by atoms with Crippen molar-refractivity contribution in [3.8, 4) is 0 Å². The number of morpholine rings is 1. The van der Waals surface area contributed by atoms with E-state index in [1.165, 1.54) is 0 Å². The summed E-state index contributed by atoms with van der Waals surface area (Å²) in [6.07, 6.45) is 4.23. The average Bonchev–Trinajstić information content (AvgIpc) is 2.41. The molecule has 2 rings (SSSR count). The number of hydrogen-bond donors (Lipinski definition) is 1. The van der Waals surface area contributed by atoms with Crippen LogP contribution in [-0.4, -0.2) is 47.1 Å². The minimum Gasteiger partial charge on any atom is -0.394 e. The molecule has 1 saturated heterocycles. The van der Waals surface area contributed by atoms with Crippen LogP contribution in [0.3, 0.4) is 0 Å². The molecule has 1 aromatic rings. The van der Waals surface area contributed by atoms with E-state index in [2.05, 4.69) is 4.98 Å². The third-order valence-electron chi connectivity index (χ3n) is 3.07. The van der Waals surface area contributed by atoms with Gasteiger partial charge < -0.3 is 19.3 Å². The number of anilines is 1. The summed E-state index contributed by atoms with van der Waals surface area (Å²) in [6, 6.07) is -0.184. The zero-order valence-corrected chi connectivity index (χ0v) is 10.6. The molecule has 1 fully saturated rings. The van der Waals surface area contributed by atoms with Gasteiger partial charge in [-0.1, -0.05) is 6.92 Å². The van der Waals surface area contributed by atoms with Gasteiger partial charge in [-0.25, -0.2) is 4.98 Å². The van der Waals surface area contributed by atoms with Crippen molar-refractivity contribution in [3.05, 3.63) is 22.7 Å². The first-order chi connectivity index (χ1) is 8.77. The Kier molecular flexibility index (Phi) is 4.33. The fraction of sp³-hybridized carbons (Fsp3) is 0.667. The molecule has 6 nitrogen and oxygen atoms in total. The van der Waals surface area contributed by atoms with E-state index in [0.717, 1.165) is 6.42 Å². The molecule has 2 heterocycles. The summed E-state index contributed by atoms with van der Waals surface area (Å²) in [6.45, 7) is 4.24. The number of nitrogens with zero attached hydrogens (tertiary/aromatic N) is 3. The number of aliphatic hydroxyl groups excluding tert-OH is 1. The molecule has 1 atom stereocenters. The maximum Gasteiger partial charge on any atom is 0.293 e. The smallest absolute Gasteiger partial charge is 0.293 e. The second kappa shape index (κ2) is 5.97. The molecular weight excluding hydrogens is 234 g/mol. The molecule has 0 amide bonds. The van der Waals surface area contributed by atoms with Crippen LogP contribution in [0.4, 0.5) is 5.82 Å². The molecule has 6 heteroatoms. The standard InChI is InChI=1S/C12H19N3O3/c1-2-4-14-5-3-13-11(12(14)17)15-6-7-18-9-10(15)8-16/h3,5,10,16H,2,4,6-9H2,1H3. The summed E-state index contributed by atoms with van der Waals surface area (Å²) in [5.41, 5.74) is -0.0975. The normalized spacial score (nSPS) is 20.1. The van der Waals surface area contributed by atoms with E-state index in [1.54, 1.807) is 17.0 Å². The highest BCUT2D eigenvalue weighted by Crippen LogP contribution is 2.12. The van der Waals surface area contributed by atoms with Crippen LogP contribution in [0.15, 0.2) is 17.2 Å². The highest BCUT2D eigenvalue weighted by molar-refractivity contribution is 5.38. The highest BCUT2D eigenvalue weighted by Gasteiger charge is 2.25. The molecule has 1 N–H and O–H groups in total. The summed E-state index contributed by atoms with van der Waals surface area (Å²) in [5, 5.41) is 9.33. The maximum atomic E-state index is 12.3. The van der Waals surface area contributed by atoms with Crippen LogP contribution in [0.1, 0.15) is 13.3 Å². The van der Waals surface area contributed by atoms with Crippen LogP contribution in [0.5, 0.6) is 0 Å². The van der Waals surface area contributed by atoms with Crippen molar-refractivity contribution in [1.82, 2.24) is 9.55 Å². The van der Waals surface area contributed by atoms with Gasteiger partial charge in [-0.05, 0) is 6.42 Å². The van der Waals surface area contributed by atoms with E-state index in [-0.39, 0.29) is 18.2 Å². The Balaban J connectivity index is 2.31. The molecule has 18 heavy (non-hydrogen) atoms. The lowest BCUT2D eigenvalue weighted by atomic mass is 10.2. The van der Waals surface area contributed by atoms with Crippen LogP contribution >= 0.6 is 0 Å². The lowest BCUT2D eigenvalue weighted by Crippen LogP contribution is -2.50. The van der Waals surface area contributed by atoms with E-state index in [0.29, 0.717) is 32.1 Å². The Morgan fingerprint density at radius 2 is 2.44 bits per heavy atom. The molecule has 1 aromatic heterocycles. The molecule has 0 bridgehead atoms. The molecule has 0 radical (unpaired) electrons. The predicted molar refractivity (Wildman–Crippen MR) is 67.8 cm³/mol. The number of aliphatic hydroxyl groups is 1. The molecular formula is C12H19N3O3. The molecule has 1 aliphatic rings. The van der Waals surface area contributed by atoms with Gasteiger partial charge in [0, 0.05) is 25.5 Å². The van der Waals surface area contributed by atoms with E-state index >= 15 is 0 Å². The van der Waals surface area contributed by atoms with Crippen molar-refractivity contribution < 1.29 is 9.84 Å². The van der Waals surface area contributed by atoms with Gasteiger partial charge in [0.15, 0.2) is 5.82 Å². The Morgan fingerprint density at radius 1 is 1.61 bits per heavy atom. The fourth-order valence-electron chi connectivity index (χ4n) is 2.13. The zero-order chi connectivity index (χ0) is 13.0. The zero-order valence-electron chi connectivity index (χ0n) is 10.6. The van der Waals surface area contributed by atoms with E-state index in [4.69, 9.17) is 4.74 Å². The lowest BCUT2D eigenvalue weighted by molar-refractivity contribution is 0.0721. The monoisotopic (exact) mass is 253 g/mol. The fourth-order valence-corrected chi connectivity index (χ4v) is 2.13. The van der Waals surface area contributed by atoms with Crippen molar-refractivity contribution in [2.75, 3.05) is 31.3 Å². The van der Waals surface area contributed by atoms with Gasteiger partial charge in [0.1, 0.15) is 0 Å². The van der Waals surface area contributed by atoms with Crippen LogP contribution in [0.25, 0.3) is 0 Å². The van der Waals surface area contributed by atoms with Crippen molar-refractivity contribution in [2.24, 2.45) is 0 Å². The van der Waals surface area contributed by atoms with Crippen LogP contribution in [0.2, 0.25) is 0 Å². The molecule has 1 unspecified atom stereocenters. The van der Waals surface area contributed by atoms with Crippen LogP contribution in [-0.2, 0) is 11.3 Å². The predicted octanol–water partition coefficient (Wildman–Crippen LogP) is -0.149. The SMILES string of the molecule is CCCn1ccnc(N2CCOCC2CO)c1=O. The summed E-state index contributed by atoms with van der Waals surface area (Å²) in [7, 11) is 0. The number of rotatable bonds is 4. The van der Waals surface area contributed by atoms with Gasteiger partial charge in [0.05, 0.1) is 25.9 Å². The van der Waals surface area contributed by atoms with E-state index in [9.17, 15) is 9.90 Å². The maximum absolute atomic E-state index is 12.3. The van der Waals surface area contributed by atoms with Gasteiger partial charge in [-0.3, -0.25) is 4.79 Å². The van der Waals surface area contributed by atoms with Gasteiger partial charge >= 0.3 is 0 Å². The summed E-state index contributed by atoms with van der Waals surface area (Å²) < 4.78 is 6.96. The van der Waals surface area contributed by atoms with Gasteiger partial charge in [0.25, 0.3) is 5.56 Å². The van der Waals surface area contributed by atoms with Crippen LogP contribution in [0, 0.1) is 0 Å². The third-order valence-corrected chi connectivity index (χ3v) is 3.07. The Morgan fingerprint density at radius 3 is 3.17 bits per heavy atom. The van der Waals surface area contributed by atoms with E-state index < -0.39 is 0 Å². The third kappa shape index (κ3) is 2.54. The Hall–Kier alpha value is -1.40. The minimum absolute atomic E-state index is 0.0379. The number of ether oxygens (including phenoxy) is 1. The second-order valence-electron chi connectivity index (χ2n) is 4.35. The molecule has 0 aromatic carbocycles. The van der Waals surface area contributed by atoms with Crippen molar-refractivity contribution in [2.45, 2.75) is 25.9 Å². The van der Waals surface area contributed by atoms with Crippen LogP contribution < -0.4 is 10.5 Å². The van der Waals surface area contributed by atoms with Crippen molar-refractivity contribution in [1.29, 1.82) is 0 Å². The highest BCUT2D eigenvalue weighted by atomic mass is 16.5. The van der Waals surface area contributed by atoms with Crippen molar-refractivity contribution in [3.63, 3.8) is 0 Å². The largest absolute Gasteiger partial charge is 0.394 e. The second-order valence-corrected chi connectivity index (χ2v) is 4.35. The Labute approximate surface area is 106 Å². The lowest BCUT2D eigenvalue weighted by Gasteiger charge is -2.34. The first-order valence-corrected chi connectivity index (χ1v) is 6.28. The van der Waals surface area contributed by atoms with Gasteiger partial charge in [-0.2, -0.15) is 0 Å². The Bertz CT molecular complexity index is 446. The minimum atomic E-state index is -0.184.